The molecule has 2 aromatic heterocycles. The van der Waals surface area contributed by atoms with Crippen molar-refractivity contribution in [3.8, 4) is 0 Å². The number of hydrogen-bond acceptors (Lipinski definition) is 2. The van der Waals surface area contributed by atoms with Gasteiger partial charge in [-0.2, -0.15) is 0 Å². The molecule has 2 heterocycles. The number of carbonyl (C=O) groups excluding carboxylic acids is 1. The van der Waals surface area contributed by atoms with Gasteiger partial charge in [0.2, 0.25) is 0 Å². The topological polar surface area (TPSA) is 37.6 Å². The van der Waals surface area contributed by atoms with Gasteiger partial charge in [0.15, 0.2) is 0 Å². The van der Waals surface area contributed by atoms with E-state index in [0.29, 0.717) is 0 Å². The molecule has 0 spiro atoms. The summed E-state index contributed by atoms with van der Waals surface area (Å²) in [6.45, 7) is 9.61. The summed E-state index contributed by atoms with van der Waals surface area (Å²) in [5.41, 5.74) is 3.63. The number of rotatable bonds is 5. The maximum atomic E-state index is 12.8. The summed E-state index contributed by atoms with van der Waals surface area (Å²) >= 11 is 0. The molecule has 0 unspecified atom stereocenters. The molecule has 0 atom stereocenters. The number of carbonyl (C=O) groups is 1. The highest BCUT2D eigenvalue weighted by molar-refractivity contribution is 5.94. The number of aromatic nitrogens is 2. The van der Waals surface area contributed by atoms with Crippen LogP contribution in [-0.2, 0) is 6.42 Å². The first-order valence-electron chi connectivity index (χ1n) is 7.39. The van der Waals surface area contributed by atoms with Gasteiger partial charge < -0.3 is 4.90 Å². The zero-order valence-corrected chi connectivity index (χ0v) is 12.8. The lowest BCUT2D eigenvalue weighted by molar-refractivity contribution is 0.0765. The van der Waals surface area contributed by atoms with Crippen LogP contribution in [0.3, 0.4) is 0 Å². The van der Waals surface area contributed by atoms with Crippen molar-refractivity contribution in [3.63, 3.8) is 0 Å². The van der Waals surface area contributed by atoms with Gasteiger partial charge in [-0.1, -0.05) is 19.4 Å². The second-order valence-corrected chi connectivity index (χ2v) is 5.07. The second kappa shape index (κ2) is 6.07. The third-order valence-electron chi connectivity index (χ3n) is 3.58. The Morgan fingerprint density at radius 2 is 1.95 bits per heavy atom. The molecular weight excluding hydrogens is 250 g/mol. The van der Waals surface area contributed by atoms with Crippen molar-refractivity contribution in [2.24, 2.45) is 0 Å². The Kier molecular flexibility index (Phi) is 4.42. The third kappa shape index (κ3) is 2.55. The molecule has 1 amide bonds. The smallest absolute Gasteiger partial charge is 0.272 e. The van der Waals surface area contributed by atoms with Gasteiger partial charge in [-0.25, -0.2) is 4.98 Å². The van der Waals surface area contributed by atoms with Crippen molar-refractivity contribution in [2.75, 3.05) is 13.1 Å². The molecule has 0 aromatic carbocycles. The van der Waals surface area contributed by atoms with Gasteiger partial charge in [0.1, 0.15) is 11.3 Å². The second-order valence-electron chi connectivity index (χ2n) is 5.07. The number of aryl methyl sites for hydroxylation is 2. The maximum Gasteiger partial charge on any atom is 0.272 e. The standard InChI is InChI=1S/C16H23N3O/c1-5-8-13-15(16(20)18(6-2)7-3)19-11-12(4)9-10-14(19)17-13/h9-11H,5-8H2,1-4H3. The first kappa shape index (κ1) is 14.6. The zero-order chi connectivity index (χ0) is 14.7. The van der Waals surface area contributed by atoms with Gasteiger partial charge in [0.25, 0.3) is 5.91 Å². The van der Waals surface area contributed by atoms with E-state index in [1.54, 1.807) is 0 Å². The molecule has 4 heteroatoms. The predicted molar refractivity (Wildman–Crippen MR) is 81.2 cm³/mol. The molecule has 0 aliphatic rings. The van der Waals surface area contributed by atoms with Crippen molar-refractivity contribution in [1.29, 1.82) is 0 Å². The maximum absolute atomic E-state index is 12.8. The highest BCUT2D eigenvalue weighted by Crippen LogP contribution is 2.17. The lowest BCUT2D eigenvalue weighted by Crippen LogP contribution is -2.32. The lowest BCUT2D eigenvalue weighted by atomic mass is 10.2. The molecule has 0 saturated carbocycles. The van der Waals surface area contributed by atoms with Gasteiger partial charge in [0.05, 0.1) is 5.69 Å². The fourth-order valence-electron chi connectivity index (χ4n) is 2.50. The van der Waals surface area contributed by atoms with E-state index in [0.717, 1.165) is 48.5 Å². The number of pyridine rings is 1. The number of nitrogens with zero attached hydrogens (tertiary/aromatic N) is 3. The predicted octanol–water partition coefficient (Wildman–Crippen LogP) is 3.08. The SMILES string of the molecule is CCCc1nc2ccc(C)cn2c1C(=O)N(CC)CC. The van der Waals surface area contributed by atoms with Gasteiger partial charge in [-0.05, 0) is 38.8 Å². The van der Waals surface area contributed by atoms with E-state index < -0.39 is 0 Å². The summed E-state index contributed by atoms with van der Waals surface area (Å²) in [5.74, 6) is 0.0801. The molecule has 2 aromatic rings. The van der Waals surface area contributed by atoms with E-state index in [-0.39, 0.29) is 5.91 Å². The van der Waals surface area contributed by atoms with E-state index >= 15 is 0 Å². The van der Waals surface area contributed by atoms with Crippen LogP contribution in [0.15, 0.2) is 18.3 Å². The van der Waals surface area contributed by atoms with E-state index in [1.807, 2.05) is 48.4 Å². The summed E-state index contributed by atoms with van der Waals surface area (Å²) in [5, 5.41) is 0. The molecule has 0 aliphatic heterocycles. The Bertz CT molecular complexity index is 611. The largest absolute Gasteiger partial charge is 0.338 e. The summed E-state index contributed by atoms with van der Waals surface area (Å²) in [4.78, 5) is 19.2. The summed E-state index contributed by atoms with van der Waals surface area (Å²) in [7, 11) is 0. The number of amides is 1. The molecule has 108 valence electrons. The lowest BCUT2D eigenvalue weighted by Gasteiger charge is -2.19. The van der Waals surface area contributed by atoms with Crippen molar-refractivity contribution in [2.45, 2.75) is 40.5 Å². The number of fused-ring (bicyclic) bond motifs is 1. The first-order valence-corrected chi connectivity index (χ1v) is 7.39. The minimum atomic E-state index is 0.0801. The molecule has 0 saturated heterocycles. The van der Waals surface area contributed by atoms with Crippen molar-refractivity contribution in [3.05, 3.63) is 35.3 Å². The number of imidazole rings is 1. The van der Waals surface area contributed by atoms with Crippen LogP contribution in [0.5, 0.6) is 0 Å². The molecule has 0 fully saturated rings. The van der Waals surface area contributed by atoms with E-state index in [4.69, 9.17) is 0 Å². The molecule has 0 aliphatic carbocycles. The molecule has 0 radical (unpaired) electrons. The van der Waals surface area contributed by atoms with Crippen LogP contribution in [0.25, 0.3) is 5.65 Å². The minimum Gasteiger partial charge on any atom is -0.338 e. The Hall–Kier alpha value is -1.84. The Morgan fingerprint density at radius 3 is 2.55 bits per heavy atom. The molecule has 0 bridgehead atoms. The fraction of sp³-hybridized carbons (Fsp3) is 0.500. The monoisotopic (exact) mass is 273 g/mol. The molecule has 2 rings (SSSR count). The highest BCUT2D eigenvalue weighted by atomic mass is 16.2. The molecule has 4 nitrogen and oxygen atoms in total. The van der Waals surface area contributed by atoms with Gasteiger partial charge >= 0.3 is 0 Å². The highest BCUT2D eigenvalue weighted by Gasteiger charge is 2.22. The quantitative estimate of drug-likeness (QED) is 0.839. The summed E-state index contributed by atoms with van der Waals surface area (Å²) < 4.78 is 1.95. The van der Waals surface area contributed by atoms with E-state index in [1.165, 1.54) is 0 Å². The molecule has 20 heavy (non-hydrogen) atoms. The zero-order valence-electron chi connectivity index (χ0n) is 12.8. The van der Waals surface area contributed by atoms with Crippen LogP contribution in [-0.4, -0.2) is 33.3 Å². The summed E-state index contributed by atoms with van der Waals surface area (Å²) in [6.07, 6.45) is 3.82. The Labute approximate surface area is 120 Å². The average Bonchev–Trinajstić information content (AvgIpc) is 2.77. The van der Waals surface area contributed by atoms with Crippen LogP contribution in [0.1, 0.15) is 48.9 Å². The van der Waals surface area contributed by atoms with Gasteiger partial charge in [-0.15, -0.1) is 0 Å². The van der Waals surface area contributed by atoms with Gasteiger partial charge in [-0.3, -0.25) is 9.20 Å². The van der Waals surface area contributed by atoms with E-state index in [2.05, 4.69) is 11.9 Å². The first-order chi connectivity index (χ1) is 9.62. The van der Waals surface area contributed by atoms with Crippen LogP contribution in [0.4, 0.5) is 0 Å². The third-order valence-corrected chi connectivity index (χ3v) is 3.58. The summed E-state index contributed by atoms with van der Waals surface area (Å²) in [6, 6.07) is 4.01. The molecule has 0 N–H and O–H groups in total. The fourth-order valence-corrected chi connectivity index (χ4v) is 2.50. The van der Waals surface area contributed by atoms with Crippen LogP contribution < -0.4 is 0 Å². The number of hydrogen-bond donors (Lipinski definition) is 0. The van der Waals surface area contributed by atoms with Crippen LogP contribution in [0.2, 0.25) is 0 Å². The average molecular weight is 273 g/mol. The molecular formula is C16H23N3O. The van der Waals surface area contributed by atoms with Gasteiger partial charge in [0, 0.05) is 19.3 Å². The van der Waals surface area contributed by atoms with Crippen molar-refractivity contribution >= 4 is 11.6 Å². The van der Waals surface area contributed by atoms with Crippen molar-refractivity contribution < 1.29 is 4.79 Å². The van der Waals surface area contributed by atoms with Crippen LogP contribution in [0, 0.1) is 6.92 Å². The Morgan fingerprint density at radius 1 is 1.25 bits per heavy atom. The normalized spacial score (nSPS) is 11.0. The minimum absolute atomic E-state index is 0.0801. The van der Waals surface area contributed by atoms with Crippen molar-refractivity contribution in [1.82, 2.24) is 14.3 Å². The van der Waals surface area contributed by atoms with Crippen LogP contribution >= 0.6 is 0 Å². The Balaban J connectivity index is 2.60. The van der Waals surface area contributed by atoms with E-state index in [9.17, 15) is 4.79 Å².